The lowest BCUT2D eigenvalue weighted by Gasteiger charge is -2.21. The Hall–Kier alpha value is -1.71. The maximum atomic E-state index is 12.5. The van der Waals surface area contributed by atoms with E-state index in [1.54, 1.807) is 13.2 Å². The van der Waals surface area contributed by atoms with Crippen molar-refractivity contribution in [1.82, 2.24) is 5.32 Å². The number of nitrogens with one attached hydrogen (secondary N) is 1. The van der Waals surface area contributed by atoms with Gasteiger partial charge in [0.25, 0.3) is 0 Å². The smallest absolute Gasteiger partial charge is 0.220 e. The second kappa shape index (κ2) is 9.84. The first-order chi connectivity index (χ1) is 12.4. The minimum atomic E-state index is -0.0118. The van der Waals surface area contributed by atoms with Gasteiger partial charge in [-0.15, -0.1) is 0 Å². The Bertz CT molecular complexity index is 729. The Morgan fingerprint density at radius 1 is 1.08 bits per heavy atom. The number of benzene rings is 2. The molecule has 1 amide bonds. The summed E-state index contributed by atoms with van der Waals surface area (Å²) >= 11 is 12.0. The van der Waals surface area contributed by atoms with Crippen molar-refractivity contribution in [2.24, 2.45) is 5.92 Å². The number of methoxy groups -OCH3 is 1. The zero-order chi connectivity index (χ0) is 19.1. The van der Waals surface area contributed by atoms with Crippen LogP contribution in [0.25, 0.3) is 0 Å². The van der Waals surface area contributed by atoms with Gasteiger partial charge in [0, 0.05) is 6.42 Å². The predicted octanol–water partition coefficient (Wildman–Crippen LogP) is 5.84. The van der Waals surface area contributed by atoms with E-state index in [1.807, 2.05) is 36.4 Å². The summed E-state index contributed by atoms with van der Waals surface area (Å²) in [4.78, 5) is 12.5. The molecule has 2 aromatic rings. The largest absolute Gasteiger partial charge is 0.497 e. The molecule has 140 valence electrons. The fourth-order valence-corrected chi connectivity index (χ4v) is 3.13. The average Bonchev–Trinajstić information content (AvgIpc) is 2.62. The molecule has 1 N–H and O–H groups in total. The molecular weight excluding hydrogens is 369 g/mol. The maximum absolute atomic E-state index is 12.5. The molecule has 26 heavy (non-hydrogen) atoms. The Morgan fingerprint density at radius 2 is 1.77 bits per heavy atom. The number of carbonyl (C=O) groups excluding carboxylic acids is 1. The van der Waals surface area contributed by atoms with E-state index < -0.39 is 0 Å². The molecule has 0 aromatic heterocycles. The van der Waals surface area contributed by atoms with Crippen LogP contribution in [-0.4, -0.2) is 13.0 Å². The molecule has 0 aliphatic carbocycles. The Balaban J connectivity index is 1.99. The van der Waals surface area contributed by atoms with E-state index in [9.17, 15) is 4.79 Å². The van der Waals surface area contributed by atoms with Crippen molar-refractivity contribution in [3.8, 4) is 5.75 Å². The molecule has 0 saturated heterocycles. The van der Waals surface area contributed by atoms with Gasteiger partial charge in [-0.3, -0.25) is 4.79 Å². The molecule has 0 heterocycles. The van der Waals surface area contributed by atoms with E-state index in [-0.39, 0.29) is 11.9 Å². The van der Waals surface area contributed by atoms with Crippen LogP contribution in [0.3, 0.4) is 0 Å². The third-order valence-corrected chi connectivity index (χ3v) is 4.92. The Labute approximate surface area is 165 Å². The maximum Gasteiger partial charge on any atom is 0.220 e. The van der Waals surface area contributed by atoms with Crippen LogP contribution in [0.1, 0.15) is 43.9 Å². The summed E-state index contributed by atoms with van der Waals surface area (Å²) in [5.74, 6) is 1.30. The lowest BCUT2D eigenvalue weighted by molar-refractivity contribution is -0.121. The third kappa shape index (κ3) is 6.22. The molecule has 0 radical (unpaired) electrons. The highest BCUT2D eigenvalue weighted by Crippen LogP contribution is 2.25. The first-order valence-electron chi connectivity index (χ1n) is 8.76. The van der Waals surface area contributed by atoms with E-state index >= 15 is 0 Å². The summed E-state index contributed by atoms with van der Waals surface area (Å²) in [5.41, 5.74) is 2.08. The normalized spacial score (nSPS) is 12.1. The molecule has 2 aromatic carbocycles. The summed E-state index contributed by atoms with van der Waals surface area (Å²) in [6.45, 7) is 4.30. The highest BCUT2D eigenvalue weighted by molar-refractivity contribution is 6.42. The van der Waals surface area contributed by atoms with Crippen LogP contribution in [0, 0.1) is 5.92 Å². The molecule has 5 heteroatoms. The molecule has 0 saturated carbocycles. The Morgan fingerprint density at radius 3 is 2.35 bits per heavy atom. The van der Waals surface area contributed by atoms with E-state index in [0.29, 0.717) is 28.8 Å². The van der Waals surface area contributed by atoms with Crippen LogP contribution in [0.5, 0.6) is 5.75 Å². The second-order valence-corrected chi connectivity index (χ2v) is 7.59. The molecule has 0 aliphatic heterocycles. The molecular formula is C21H25Cl2NO2. The number of hydrogen-bond donors (Lipinski definition) is 1. The fraction of sp³-hybridized carbons (Fsp3) is 0.381. The van der Waals surface area contributed by atoms with Crippen LogP contribution < -0.4 is 10.1 Å². The van der Waals surface area contributed by atoms with Crippen molar-refractivity contribution in [3.63, 3.8) is 0 Å². The van der Waals surface area contributed by atoms with Crippen LogP contribution in [0.4, 0.5) is 0 Å². The zero-order valence-corrected chi connectivity index (χ0v) is 16.9. The van der Waals surface area contributed by atoms with Gasteiger partial charge in [0.1, 0.15) is 5.75 Å². The van der Waals surface area contributed by atoms with Crippen LogP contribution in [0.15, 0.2) is 42.5 Å². The van der Waals surface area contributed by atoms with Gasteiger partial charge in [-0.25, -0.2) is 0 Å². The zero-order valence-electron chi connectivity index (χ0n) is 15.4. The molecule has 1 atom stereocenters. The van der Waals surface area contributed by atoms with Gasteiger partial charge in [0.15, 0.2) is 0 Å². The van der Waals surface area contributed by atoms with Gasteiger partial charge < -0.3 is 10.1 Å². The van der Waals surface area contributed by atoms with E-state index in [2.05, 4.69) is 19.2 Å². The molecule has 0 aliphatic rings. The van der Waals surface area contributed by atoms with Crippen molar-refractivity contribution in [2.75, 3.05) is 7.11 Å². The summed E-state index contributed by atoms with van der Waals surface area (Å²) in [7, 11) is 1.64. The van der Waals surface area contributed by atoms with Gasteiger partial charge in [-0.1, -0.05) is 55.2 Å². The van der Waals surface area contributed by atoms with E-state index in [1.165, 1.54) is 0 Å². The van der Waals surface area contributed by atoms with Crippen molar-refractivity contribution < 1.29 is 9.53 Å². The Kier molecular flexibility index (Phi) is 7.80. The summed E-state index contributed by atoms with van der Waals surface area (Å²) in [5, 5.41) is 4.20. The molecule has 2 rings (SSSR count). The number of rotatable bonds is 8. The van der Waals surface area contributed by atoms with Crippen molar-refractivity contribution in [1.29, 1.82) is 0 Å². The van der Waals surface area contributed by atoms with Crippen molar-refractivity contribution >= 4 is 29.1 Å². The summed E-state index contributed by atoms with van der Waals surface area (Å²) < 4.78 is 5.21. The van der Waals surface area contributed by atoms with Crippen LogP contribution in [-0.2, 0) is 11.2 Å². The third-order valence-electron chi connectivity index (χ3n) is 4.19. The van der Waals surface area contributed by atoms with Gasteiger partial charge in [0.2, 0.25) is 5.91 Å². The first-order valence-corrected chi connectivity index (χ1v) is 9.52. The molecule has 0 unspecified atom stereocenters. The number of ether oxygens (including phenoxy) is 1. The minimum Gasteiger partial charge on any atom is -0.497 e. The van der Waals surface area contributed by atoms with Crippen molar-refractivity contribution in [2.45, 2.75) is 39.2 Å². The van der Waals surface area contributed by atoms with E-state index in [0.717, 1.165) is 23.3 Å². The first kappa shape index (κ1) is 20.6. The minimum absolute atomic E-state index is 0.0118. The topological polar surface area (TPSA) is 38.3 Å². The number of amides is 1. The predicted molar refractivity (Wildman–Crippen MR) is 108 cm³/mol. The second-order valence-electron chi connectivity index (χ2n) is 6.77. The van der Waals surface area contributed by atoms with Crippen molar-refractivity contribution in [3.05, 3.63) is 63.6 Å². The molecule has 0 spiro atoms. The van der Waals surface area contributed by atoms with Crippen LogP contribution in [0.2, 0.25) is 10.0 Å². The molecule has 0 fully saturated rings. The fourth-order valence-electron chi connectivity index (χ4n) is 2.81. The van der Waals surface area contributed by atoms with Gasteiger partial charge >= 0.3 is 0 Å². The van der Waals surface area contributed by atoms with Gasteiger partial charge in [0.05, 0.1) is 23.2 Å². The lowest BCUT2D eigenvalue weighted by atomic mass is 9.96. The summed E-state index contributed by atoms with van der Waals surface area (Å²) in [6.07, 6.45) is 1.91. The molecule has 3 nitrogen and oxygen atoms in total. The number of halogens is 2. The number of hydrogen-bond acceptors (Lipinski definition) is 2. The number of aryl methyl sites for hydroxylation is 1. The SMILES string of the molecule is COc1ccc([C@H](CC(C)C)NC(=O)CCc2ccc(Cl)c(Cl)c2)cc1. The number of carbonyl (C=O) groups is 1. The summed E-state index contributed by atoms with van der Waals surface area (Å²) in [6, 6.07) is 13.3. The molecule has 0 bridgehead atoms. The van der Waals surface area contributed by atoms with Crippen LogP contribution >= 0.6 is 23.2 Å². The highest BCUT2D eigenvalue weighted by Gasteiger charge is 2.16. The van der Waals surface area contributed by atoms with E-state index in [4.69, 9.17) is 27.9 Å². The monoisotopic (exact) mass is 393 g/mol. The standard InChI is InChI=1S/C21H25Cl2NO2/c1-14(2)12-20(16-6-8-17(26-3)9-7-16)24-21(25)11-5-15-4-10-18(22)19(23)13-15/h4,6-10,13-14,20H,5,11-12H2,1-3H3,(H,24,25)/t20-/m0/s1. The van der Waals surface area contributed by atoms with Gasteiger partial charge in [-0.2, -0.15) is 0 Å². The van der Waals surface area contributed by atoms with Gasteiger partial charge in [-0.05, 0) is 54.2 Å². The average molecular weight is 394 g/mol. The lowest BCUT2D eigenvalue weighted by Crippen LogP contribution is -2.29. The highest BCUT2D eigenvalue weighted by atomic mass is 35.5. The quantitative estimate of drug-likeness (QED) is 0.611.